The molecule has 146 valence electrons. The maximum atomic E-state index is 11.2. The van der Waals surface area contributed by atoms with Gasteiger partial charge < -0.3 is 11.1 Å². The fourth-order valence-electron chi connectivity index (χ4n) is 3.22. The van der Waals surface area contributed by atoms with Crippen molar-refractivity contribution in [2.24, 2.45) is 0 Å². The molecule has 30 heavy (non-hydrogen) atoms. The third-order valence-corrected chi connectivity index (χ3v) is 4.52. The molecular formula is C20H12N6O4. The topological polar surface area (TPSA) is 161 Å². The summed E-state index contributed by atoms with van der Waals surface area (Å²) in [5.74, 6) is 0. The quantitative estimate of drug-likeness (QED) is 0.220. The maximum absolute atomic E-state index is 11.2. The number of nitrogens with two attached hydrogens (primary N) is 1. The van der Waals surface area contributed by atoms with Crippen molar-refractivity contribution in [3.05, 3.63) is 80.4 Å². The van der Waals surface area contributed by atoms with Gasteiger partial charge in [-0.2, -0.15) is 5.26 Å². The molecule has 0 saturated heterocycles. The van der Waals surface area contributed by atoms with Gasteiger partial charge in [0.1, 0.15) is 0 Å². The van der Waals surface area contributed by atoms with E-state index in [9.17, 15) is 25.5 Å². The second kappa shape index (κ2) is 6.99. The van der Waals surface area contributed by atoms with Gasteiger partial charge in [0.05, 0.1) is 38.2 Å². The van der Waals surface area contributed by atoms with Gasteiger partial charge in [0, 0.05) is 46.4 Å². The molecule has 0 amide bonds. The molecule has 0 unspecified atom stereocenters. The van der Waals surface area contributed by atoms with E-state index < -0.39 is 9.85 Å². The van der Waals surface area contributed by atoms with Crippen molar-refractivity contribution in [2.45, 2.75) is 0 Å². The number of nitrogens with zero attached hydrogens (tertiary/aromatic N) is 4. The van der Waals surface area contributed by atoms with Gasteiger partial charge in [-0.25, -0.2) is 4.98 Å². The Kier molecular flexibility index (Phi) is 4.33. The number of nitrogen functional groups attached to an aromatic ring is 1. The Morgan fingerprint density at radius 1 is 0.900 bits per heavy atom. The molecule has 0 aliphatic heterocycles. The van der Waals surface area contributed by atoms with Gasteiger partial charge in [-0.3, -0.25) is 20.2 Å². The van der Waals surface area contributed by atoms with Gasteiger partial charge in [-0.15, -0.1) is 0 Å². The van der Waals surface area contributed by atoms with Crippen LogP contribution in [0.25, 0.3) is 21.8 Å². The zero-order valence-electron chi connectivity index (χ0n) is 15.2. The van der Waals surface area contributed by atoms with Crippen molar-refractivity contribution in [1.29, 1.82) is 5.26 Å². The lowest BCUT2D eigenvalue weighted by molar-refractivity contribution is -0.384. The van der Waals surface area contributed by atoms with E-state index in [-0.39, 0.29) is 11.4 Å². The second-order valence-corrected chi connectivity index (χ2v) is 6.48. The van der Waals surface area contributed by atoms with E-state index in [1.54, 1.807) is 24.3 Å². The number of nitro groups is 2. The summed E-state index contributed by atoms with van der Waals surface area (Å²) in [6, 6.07) is 15.2. The van der Waals surface area contributed by atoms with E-state index >= 15 is 0 Å². The number of nitrogens with one attached hydrogen (secondary N) is 1. The van der Waals surface area contributed by atoms with Crippen LogP contribution in [-0.4, -0.2) is 14.8 Å². The summed E-state index contributed by atoms with van der Waals surface area (Å²) in [6.45, 7) is 0. The van der Waals surface area contributed by atoms with E-state index in [0.29, 0.717) is 44.4 Å². The molecule has 0 radical (unpaired) electrons. The standard InChI is InChI=1S/C20H12N6O4/c21-10-11-5-12(22)7-13(6-11)23-20-16-3-1-14(25(27)28)8-18(16)24-19-9-15(26(29)30)2-4-17(19)20/h1-9H,22H2,(H,23,24). The fraction of sp³-hybridized carbons (Fsp3) is 0. The maximum Gasteiger partial charge on any atom is 0.271 e. The Labute approximate surface area is 168 Å². The minimum atomic E-state index is -0.539. The summed E-state index contributed by atoms with van der Waals surface area (Å²) in [6.07, 6.45) is 0. The van der Waals surface area contributed by atoms with E-state index in [4.69, 9.17) is 5.73 Å². The summed E-state index contributed by atoms with van der Waals surface area (Å²) >= 11 is 0. The van der Waals surface area contributed by atoms with Crippen LogP contribution in [-0.2, 0) is 0 Å². The van der Waals surface area contributed by atoms with Crippen LogP contribution in [0.3, 0.4) is 0 Å². The summed E-state index contributed by atoms with van der Waals surface area (Å²) < 4.78 is 0. The fourth-order valence-corrected chi connectivity index (χ4v) is 3.22. The van der Waals surface area contributed by atoms with Gasteiger partial charge in [0.2, 0.25) is 0 Å². The Morgan fingerprint density at radius 2 is 1.47 bits per heavy atom. The molecule has 0 saturated carbocycles. The highest BCUT2D eigenvalue weighted by Crippen LogP contribution is 2.36. The van der Waals surface area contributed by atoms with Gasteiger partial charge in [0.15, 0.2) is 0 Å². The van der Waals surface area contributed by atoms with Crippen molar-refractivity contribution >= 4 is 50.2 Å². The highest BCUT2D eigenvalue weighted by atomic mass is 16.6. The lowest BCUT2D eigenvalue weighted by Crippen LogP contribution is -1.98. The van der Waals surface area contributed by atoms with Gasteiger partial charge >= 0.3 is 0 Å². The molecule has 4 rings (SSSR count). The van der Waals surface area contributed by atoms with Crippen molar-refractivity contribution in [3.63, 3.8) is 0 Å². The molecule has 0 spiro atoms. The monoisotopic (exact) mass is 400 g/mol. The van der Waals surface area contributed by atoms with Crippen LogP contribution in [0.1, 0.15) is 5.56 Å². The smallest absolute Gasteiger partial charge is 0.271 e. The Balaban J connectivity index is 2.01. The average molecular weight is 400 g/mol. The molecule has 0 aliphatic rings. The molecule has 0 fully saturated rings. The zero-order chi connectivity index (χ0) is 21.4. The zero-order valence-corrected chi connectivity index (χ0v) is 15.2. The molecule has 4 aromatic rings. The van der Waals surface area contributed by atoms with Crippen molar-refractivity contribution in [2.75, 3.05) is 11.1 Å². The summed E-state index contributed by atoms with van der Waals surface area (Å²) in [7, 11) is 0. The van der Waals surface area contributed by atoms with E-state index in [1.165, 1.54) is 30.3 Å². The number of pyridine rings is 1. The number of nitro benzene ring substituents is 2. The third-order valence-electron chi connectivity index (χ3n) is 4.52. The Hall–Kier alpha value is -4.78. The minimum Gasteiger partial charge on any atom is -0.399 e. The van der Waals surface area contributed by atoms with Crippen LogP contribution >= 0.6 is 0 Å². The van der Waals surface area contributed by atoms with Gasteiger partial charge in [0.25, 0.3) is 11.4 Å². The first-order chi connectivity index (χ1) is 14.4. The molecule has 1 heterocycles. The van der Waals surface area contributed by atoms with Crippen LogP contribution in [0.2, 0.25) is 0 Å². The predicted octanol–water partition coefficient (Wildman–Crippen LogP) is 4.40. The summed E-state index contributed by atoms with van der Waals surface area (Å²) in [4.78, 5) is 25.6. The number of non-ortho nitro benzene ring substituents is 2. The average Bonchev–Trinajstić information content (AvgIpc) is 2.72. The third kappa shape index (κ3) is 3.27. The number of aromatic nitrogens is 1. The van der Waals surface area contributed by atoms with Crippen LogP contribution in [0, 0.1) is 31.6 Å². The minimum absolute atomic E-state index is 0.151. The van der Waals surface area contributed by atoms with E-state index in [1.807, 2.05) is 6.07 Å². The summed E-state index contributed by atoms with van der Waals surface area (Å²) in [5.41, 5.74) is 7.95. The van der Waals surface area contributed by atoms with Crippen LogP contribution < -0.4 is 11.1 Å². The van der Waals surface area contributed by atoms with Crippen molar-refractivity contribution in [3.8, 4) is 6.07 Å². The molecule has 3 N–H and O–H groups in total. The van der Waals surface area contributed by atoms with E-state index in [0.717, 1.165) is 0 Å². The molecule has 10 nitrogen and oxygen atoms in total. The van der Waals surface area contributed by atoms with Gasteiger partial charge in [-0.1, -0.05) is 0 Å². The largest absolute Gasteiger partial charge is 0.399 e. The van der Waals surface area contributed by atoms with Crippen LogP contribution in [0.15, 0.2) is 54.6 Å². The first-order valence-electron chi connectivity index (χ1n) is 8.60. The Morgan fingerprint density at radius 3 is 1.97 bits per heavy atom. The number of hydrogen-bond acceptors (Lipinski definition) is 8. The number of fused-ring (bicyclic) bond motifs is 2. The first kappa shape index (κ1) is 18.6. The lowest BCUT2D eigenvalue weighted by Gasteiger charge is -2.14. The molecule has 10 heteroatoms. The molecule has 0 atom stereocenters. The van der Waals surface area contributed by atoms with Crippen molar-refractivity contribution < 1.29 is 9.85 Å². The van der Waals surface area contributed by atoms with Gasteiger partial charge in [-0.05, 0) is 30.3 Å². The normalized spacial score (nSPS) is 10.6. The number of hydrogen-bond donors (Lipinski definition) is 2. The molecular weight excluding hydrogens is 388 g/mol. The molecule has 0 aliphatic carbocycles. The Bertz CT molecular complexity index is 1340. The summed E-state index contributed by atoms with van der Waals surface area (Å²) in [5, 5.41) is 35.9. The van der Waals surface area contributed by atoms with E-state index in [2.05, 4.69) is 10.3 Å². The lowest BCUT2D eigenvalue weighted by atomic mass is 10.1. The first-order valence-corrected chi connectivity index (χ1v) is 8.60. The molecule has 1 aromatic heterocycles. The van der Waals surface area contributed by atoms with Crippen molar-refractivity contribution in [1.82, 2.24) is 4.98 Å². The van der Waals surface area contributed by atoms with Crippen LogP contribution in [0.4, 0.5) is 28.4 Å². The number of anilines is 3. The second-order valence-electron chi connectivity index (χ2n) is 6.48. The number of benzene rings is 3. The number of rotatable bonds is 4. The van der Waals surface area contributed by atoms with Crippen LogP contribution in [0.5, 0.6) is 0 Å². The molecule has 3 aromatic carbocycles. The predicted molar refractivity (Wildman–Crippen MR) is 111 cm³/mol. The highest BCUT2D eigenvalue weighted by Gasteiger charge is 2.16. The molecule has 0 bridgehead atoms. The highest BCUT2D eigenvalue weighted by molar-refractivity contribution is 6.09. The SMILES string of the molecule is N#Cc1cc(N)cc(Nc2c3ccc([N+](=O)[O-])cc3nc3cc([N+](=O)[O-])ccc23)c1. The number of nitriles is 1.